The third-order valence-electron chi connectivity index (χ3n) is 11.1. The van der Waals surface area contributed by atoms with E-state index in [1.165, 1.54) is 79.0 Å². The molecule has 4 nitrogen and oxygen atoms in total. The third kappa shape index (κ3) is 5.15. The van der Waals surface area contributed by atoms with Gasteiger partial charge >= 0.3 is 0 Å². The summed E-state index contributed by atoms with van der Waals surface area (Å²) < 4.78 is 7.54. The Morgan fingerprint density at radius 2 is 0.947 bits per heavy atom. The first-order valence-electron chi connectivity index (χ1n) is 19.0. The number of hydrogen-bond donors (Lipinski definition) is 0. The average Bonchev–Trinajstić information content (AvgIpc) is 3.96. The van der Waals surface area contributed by atoms with Gasteiger partial charge in [-0.15, -0.1) is 22.7 Å². The first-order chi connectivity index (χ1) is 28.2. The maximum absolute atomic E-state index is 5.02. The minimum absolute atomic E-state index is 0.663. The molecule has 0 saturated heterocycles. The molecule has 0 N–H and O–H groups in total. The molecule has 0 radical (unpaired) electrons. The zero-order valence-corrected chi connectivity index (χ0v) is 32.1. The number of rotatable bonds is 5. The summed E-state index contributed by atoms with van der Waals surface area (Å²) in [4.78, 5) is 14.9. The van der Waals surface area contributed by atoms with Crippen LogP contribution in [0.1, 0.15) is 0 Å². The van der Waals surface area contributed by atoms with Crippen molar-refractivity contribution in [3.8, 4) is 51.0 Å². The molecule has 57 heavy (non-hydrogen) atoms. The van der Waals surface area contributed by atoms with Gasteiger partial charge in [-0.25, -0.2) is 15.0 Å². The minimum Gasteiger partial charge on any atom is -0.309 e. The summed E-state index contributed by atoms with van der Waals surface area (Å²) in [7, 11) is 0. The van der Waals surface area contributed by atoms with Crippen LogP contribution in [0.15, 0.2) is 182 Å². The van der Waals surface area contributed by atoms with Crippen molar-refractivity contribution >= 4 is 84.8 Å². The molecular weight excluding hydrogens is 733 g/mol. The van der Waals surface area contributed by atoms with Gasteiger partial charge in [-0.3, -0.25) is 0 Å². The van der Waals surface area contributed by atoms with E-state index < -0.39 is 0 Å². The van der Waals surface area contributed by atoms with Crippen molar-refractivity contribution in [1.29, 1.82) is 0 Å². The highest BCUT2D eigenvalue weighted by Crippen LogP contribution is 2.45. The molecule has 0 amide bonds. The lowest BCUT2D eigenvalue weighted by molar-refractivity contribution is 1.07. The molecule has 0 fully saturated rings. The highest BCUT2D eigenvalue weighted by atomic mass is 32.1. The fraction of sp³-hybridized carbons (Fsp3) is 0. The van der Waals surface area contributed by atoms with Crippen molar-refractivity contribution in [3.05, 3.63) is 182 Å². The van der Waals surface area contributed by atoms with Crippen LogP contribution in [-0.4, -0.2) is 19.5 Å². The van der Waals surface area contributed by atoms with Crippen molar-refractivity contribution in [2.75, 3.05) is 0 Å². The molecule has 12 aromatic rings. The average molecular weight is 763 g/mol. The van der Waals surface area contributed by atoms with E-state index in [1.54, 1.807) is 0 Å². The third-order valence-corrected chi connectivity index (χ3v) is 13.4. The first kappa shape index (κ1) is 32.3. The summed E-state index contributed by atoms with van der Waals surface area (Å²) in [6.45, 7) is 0. The predicted octanol–water partition coefficient (Wildman–Crippen LogP) is 14.4. The van der Waals surface area contributed by atoms with E-state index in [-0.39, 0.29) is 0 Å². The van der Waals surface area contributed by atoms with E-state index in [0.717, 1.165) is 16.7 Å². The van der Waals surface area contributed by atoms with E-state index in [1.807, 2.05) is 83.3 Å². The molecule has 0 unspecified atom stereocenters. The summed E-state index contributed by atoms with van der Waals surface area (Å²) in [5, 5.41) is 7.57. The monoisotopic (exact) mass is 762 g/mol. The molecule has 0 bridgehead atoms. The van der Waals surface area contributed by atoms with Gasteiger partial charge < -0.3 is 4.57 Å². The van der Waals surface area contributed by atoms with E-state index >= 15 is 0 Å². The first-order valence-corrected chi connectivity index (χ1v) is 20.7. The zero-order valence-electron chi connectivity index (χ0n) is 30.4. The van der Waals surface area contributed by atoms with Crippen LogP contribution in [0.4, 0.5) is 0 Å². The van der Waals surface area contributed by atoms with Crippen molar-refractivity contribution < 1.29 is 0 Å². The Labute approximate surface area is 335 Å². The molecule has 6 heteroatoms. The topological polar surface area (TPSA) is 43.6 Å². The molecular formula is C51H30N4S2. The van der Waals surface area contributed by atoms with E-state index in [9.17, 15) is 0 Å². The number of hydrogen-bond acceptors (Lipinski definition) is 5. The Kier molecular flexibility index (Phi) is 7.24. The largest absolute Gasteiger partial charge is 0.309 e. The normalized spacial score (nSPS) is 11.9. The molecule has 0 saturated carbocycles. The summed E-state index contributed by atoms with van der Waals surface area (Å²) in [5.74, 6) is 1.99. The van der Waals surface area contributed by atoms with Crippen LogP contribution in [0, 0.1) is 0 Å². The summed E-state index contributed by atoms with van der Waals surface area (Å²) in [6, 6.07) is 64.9. The van der Waals surface area contributed by atoms with Crippen LogP contribution in [0.25, 0.3) is 113 Å². The van der Waals surface area contributed by atoms with Gasteiger partial charge in [0.1, 0.15) is 0 Å². The molecule has 4 aromatic heterocycles. The van der Waals surface area contributed by atoms with Crippen molar-refractivity contribution in [1.82, 2.24) is 19.5 Å². The Hall–Kier alpha value is -6.99. The van der Waals surface area contributed by atoms with E-state index in [4.69, 9.17) is 15.0 Å². The van der Waals surface area contributed by atoms with Gasteiger partial charge in [-0.2, -0.15) is 0 Å². The second kappa shape index (κ2) is 12.8. The fourth-order valence-electron chi connectivity index (χ4n) is 8.45. The predicted molar refractivity (Wildman–Crippen MR) is 242 cm³/mol. The minimum atomic E-state index is 0.663. The van der Waals surface area contributed by atoms with Gasteiger partial charge in [-0.1, -0.05) is 133 Å². The molecule has 0 aliphatic carbocycles. The molecule has 0 aliphatic rings. The number of nitrogens with zero attached hydrogens (tertiary/aromatic N) is 4. The molecule has 12 rings (SSSR count). The molecule has 0 aliphatic heterocycles. The van der Waals surface area contributed by atoms with Crippen LogP contribution >= 0.6 is 22.7 Å². The summed E-state index contributed by atoms with van der Waals surface area (Å²) in [5.41, 5.74) is 9.03. The second-order valence-electron chi connectivity index (χ2n) is 14.4. The van der Waals surface area contributed by atoms with Crippen molar-refractivity contribution in [3.63, 3.8) is 0 Å². The van der Waals surface area contributed by atoms with Gasteiger partial charge in [0, 0.05) is 67.8 Å². The van der Waals surface area contributed by atoms with Crippen LogP contribution < -0.4 is 0 Å². The zero-order chi connectivity index (χ0) is 37.5. The quantitative estimate of drug-likeness (QED) is 0.175. The molecule has 4 heterocycles. The fourth-order valence-corrected chi connectivity index (χ4v) is 10.8. The van der Waals surface area contributed by atoms with Crippen molar-refractivity contribution in [2.24, 2.45) is 0 Å². The van der Waals surface area contributed by atoms with Crippen LogP contribution in [-0.2, 0) is 0 Å². The number of benzene rings is 8. The molecule has 266 valence electrons. The highest BCUT2D eigenvalue weighted by Gasteiger charge is 2.19. The standard InChI is InChI=1S/C51H30N4S2/c1-3-13-31(14-4-1)49-52-50(32-15-5-2-6-16-32)54-51(53-49)34-26-28-44-40(29-34)38-20-11-19-35(48(38)57-44)33-25-27-39-46(30-33)56-45-24-12-23-43(47(39)45)55-41-21-9-7-17-36(41)37-18-8-10-22-42(37)55/h1-30H. The Bertz CT molecular complexity index is 3410. The van der Waals surface area contributed by atoms with Crippen LogP contribution in [0.5, 0.6) is 0 Å². The number of fused-ring (bicyclic) bond motifs is 9. The molecule has 8 aromatic carbocycles. The van der Waals surface area contributed by atoms with Gasteiger partial charge in [-0.05, 0) is 59.7 Å². The smallest absolute Gasteiger partial charge is 0.164 e. The number of thiophene rings is 2. The Balaban J connectivity index is 0.989. The lowest BCUT2D eigenvalue weighted by atomic mass is 10.0. The van der Waals surface area contributed by atoms with Gasteiger partial charge in [0.05, 0.1) is 16.7 Å². The Morgan fingerprint density at radius 1 is 0.351 bits per heavy atom. The van der Waals surface area contributed by atoms with E-state index in [0.29, 0.717) is 17.5 Å². The summed E-state index contributed by atoms with van der Waals surface area (Å²) >= 11 is 3.72. The number of para-hydroxylation sites is 2. The Morgan fingerprint density at radius 3 is 1.65 bits per heavy atom. The van der Waals surface area contributed by atoms with Gasteiger partial charge in [0.2, 0.25) is 0 Å². The lowest BCUT2D eigenvalue weighted by Gasteiger charge is -2.10. The maximum Gasteiger partial charge on any atom is 0.164 e. The SMILES string of the molecule is c1ccc(-c2nc(-c3ccccc3)nc(-c3ccc4sc5c(-c6ccc7c(c6)sc6cccc(-n8c9ccccc9c9ccccc98)c67)cccc5c4c3)n2)cc1. The van der Waals surface area contributed by atoms with Gasteiger partial charge in [0.15, 0.2) is 17.5 Å². The maximum atomic E-state index is 5.02. The lowest BCUT2D eigenvalue weighted by Crippen LogP contribution is -2.00. The molecule has 0 atom stereocenters. The van der Waals surface area contributed by atoms with Crippen LogP contribution in [0.3, 0.4) is 0 Å². The number of aromatic nitrogens is 4. The second-order valence-corrected chi connectivity index (χ2v) is 16.5. The summed E-state index contributed by atoms with van der Waals surface area (Å²) in [6.07, 6.45) is 0. The van der Waals surface area contributed by atoms with E-state index in [2.05, 4.69) is 126 Å². The van der Waals surface area contributed by atoms with Crippen molar-refractivity contribution in [2.45, 2.75) is 0 Å². The van der Waals surface area contributed by atoms with Crippen LogP contribution in [0.2, 0.25) is 0 Å². The molecule has 0 spiro atoms. The van der Waals surface area contributed by atoms with Gasteiger partial charge in [0.25, 0.3) is 0 Å². The highest BCUT2D eigenvalue weighted by molar-refractivity contribution is 7.26.